The summed E-state index contributed by atoms with van der Waals surface area (Å²) in [5, 5.41) is 3.98. The first-order chi connectivity index (χ1) is 17.0. The minimum absolute atomic E-state index is 0.0781. The second-order valence-electron chi connectivity index (χ2n) is 9.10. The van der Waals surface area contributed by atoms with Gasteiger partial charge < -0.3 is 19.6 Å². The van der Waals surface area contributed by atoms with Crippen molar-refractivity contribution in [1.29, 1.82) is 0 Å². The number of aromatic nitrogens is 2. The lowest BCUT2D eigenvalue weighted by Crippen LogP contribution is -2.46. The van der Waals surface area contributed by atoms with Crippen molar-refractivity contribution in [2.75, 3.05) is 31.1 Å². The predicted octanol–water partition coefficient (Wildman–Crippen LogP) is 3.16. The van der Waals surface area contributed by atoms with E-state index in [1.54, 1.807) is 30.3 Å². The summed E-state index contributed by atoms with van der Waals surface area (Å²) in [5.74, 6) is -1.48. The molecule has 2 fully saturated rings. The number of hydrogen-bond donors (Lipinski definition) is 2. The third-order valence-electron chi connectivity index (χ3n) is 6.70. The van der Waals surface area contributed by atoms with Crippen LogP contribution in [0.4, 0.5) is 14.5 Å². The number of anilines is 1. The van der Waals surface area contributed by atoms with Gasteiger partial charge >= 0.3 is 0 Å². The summed E-state index contributed by atoms with van der Waals surface area (Å²) in [4.78, 5) is 34.8. The van der Waals surface area contributed by atoms with E-state index in [9.17, 15) is 14.0 Å². The van der Waals surface area contributed by atoms with E-state index >= 15 is 4.39 Å². The molecule has 0 unspecified atom stereocenters. The molecule has 1 aromatic carbocycles. The zero-order valence-corrected chi connectivity index (χ0v) is 18.8. The molecule has 8 nitrogen and oxygen atoms in total. The van der Waals surface area contributed by atoms with Crippen LogP contribution in [0.2, 0.25) is 0 Å². The quantitative estimate of drug-likeness (QED) is 0.427. The van der Waals surface area contributed by atoms with Crippen LogP contribution in [-0.4, -0.2) is 53.0 Å². The number of pyridine rings is 2. The fraction of sp³-hybridized carbons (Fsp3) is 0.320. The van der Waals surface area contributed by atoms with E-state index in [0.29, 0.717) is 54.7 Å². The molecule has 0 spiro atoms. The Labute approximate surface area is 198 Å². The summed E-state index contributed by atoms with van der Waals surface area (Å²) >= 11 is 0. The normalized spacial score (nSPS) is 16.8. The third-order valence-corrected chi connectivity index (χ3v) is 6.70. The SMILES string of the molecule is O=C(NC1CC1)c1ccc(N2CCN(Cc3ccc4c([nH]c(=O)c5occc54)c3F)CC2)c(F)n1. The maximum absolute atomic E-state index is 15.3. The molecule has 0 radical (unpaired) electrons. The average Bonchev–Trinajstić information content (AvgIpc) is 3.52. The molecule has 4 heterocycles. The van der Waals surface area contributed by atoms with E-state index in [1.165, 1.54) is 6.26 Å². The van der Waals surface area contributed by atoms with Crippen molar-refractivity contribution in [3.05, 3.63) is 70.0 Å². The summed E-state index contributed by atoms with van der Waals surface area (Å²) in [6, 6.07) is 8.49. The number of halogens is 2. The third kappa shape index (κ3) is 4.03. The fourth-order valence-corrected chi connectivity index (χ4v) is 4.62. The summed E-state index contributed by atoms with van der Waals surface area (Å²) in [7, 11) is 0. The molecule has 1 aliphatic heterocycles. The Hall–Kier alpha value is -3.79. The van der Waals surface area contributed by atoms with Gasteiger partial charge in [0.05, 0.1) is 17.5 Å². The zero-order valence-electron chi connectivity index (χ0n) is 18.8. The number of carbonyl (C=O) groups is 1. The first kappa shape index (κ1) is 21.7. The Morgan fingerprint density at radius 2 is 1.89 bits per heavy atom. The maximum Gasteiger partial charge on any atom is 0.292 e. The number of nitrogens with one attached hydrogen (secondary N) is 2. The van der Waals surface area contributed by atoms with Gasteiger partial charge in [-0.3, -0.25) is 14.5 Å². The van der Waals surface area contributed by atoms with Gasteiger partial charge in [-0.05, 0) is 31.0 Å². The summed E-state index contributed by atoms with van der Waals surface area (Å²) in [5.41, 5.74) is 0.788. The van der Waals surface area contributed by atoms with E-state index in [2.05, 4.69) is 20.2 Å². The lowest BCUT2D eigenvalue weighted by atomic mass is 10.1. The highest BCUT2D eigenvalue weighted by Crippen LogP contribution is 2.27. The molecule has 1 aliphatic carbocycles. The first-order valence-electron chi connectivity index (χ1n) is 11.6. The standard InChI is InChI=1S/C25H23F2N5O3/c26-20-14(1-4-16-17-7-12-35-22(17)25(34)30-21(16)20)13-31-8-10-32(11-9-31)19-6-5-18(29-23(19)27)24(33)28-15-2-3-15/h1,4-7,12,15H,2-3,8-11,13H2,(H,28,33)(H,30,34). The fourth-order valence-electron chi connectivity index (χ4n) is 4.62. The molecule has 4 aromatic rings. The van der Waals surface area contributed by atoms with Crippen molar-refractivity contribution in [2.45, 2.75) is 25.4 Å². The van der Waals surface area contributed by atoms with Crippen LogP contribution in [0.15, 0.2) is 45.8 Å². The predicted molar refractivity (Wildman–Crippen MR) is 126 cm³/mol. The lowest BCUT2D eigenvalue weighted by Gasteiger charge is -2.36. The molecule has 6 rings (SSSR count). The van der Waals surface area contributed by atoms with Gasteiger partial charge in [-0.1, -0.05) is 12.1 Å². The number of hydrogen-bond acceptors (Lipinski definition) is 6. The molecule has 2 aliphatic rings. The molecule has 1 saturated heterocycles. The van der Waals surface area contributed by atoms with Crippen LogP contribution in [0.3, 0.4) is 0 Å². The average molecular weight is 479 g/mol. The van der Waals surface area contributed by atoms with Crippen molar-refractivity contribution in [1.82, 2.24) is 20.2 Å². The largest absolute Gasteiger partial charge is 0.459 e. The molecule has 180 valence electrons. The van der Waals surface area contributed by atoms with Crippen LogP contribution in [0.25, 0.3) is 21.9 Å². The van der Waals surface area contributed by atoms with Gasteiger partial charge in [0.15, 0.2) is 11.4 Å². The number of nitrogens with zero attached hydrogens (tertiary/aromatic N) is 3. The molecule has 35 heavy (non-hydrogen) atoms. The maximum atomic E-state index is 15.3. The number of amides is 1. The minimum atomic E-state index is -0.669. The Bertz CT molecular complexity index is 1500. The number of benzene rings is 1. The molecule has 1 saturated carbocycles. The van der Waals surface area contributed by atoms with Gasteiger partial charge in [-0.2, -0.15) is 4.39 Å². The Kier molecular flexibility index (Phi) is 5.25. The molecule has 0 bridgehead atoms. The van der Waals surface area contributed by atoms with Crippen LogP contribution in [0.5, 0.6) is 0 Å². The van der Waals surface area contributed by atoms with E-state index in [-0.39, 0.29) is 28.7 Å². The topological polar surface area (TPSA) is 94.5 Å². The second-order valence-corrected chi connectivity index (χ2v) is 9.10. The monoisotopic (exact) mass is 479 g/mol. The Balaban J connectivity index is 1.14. The number of rotatable bonds is 5. The zero-order chi connectivity index (χ0) is 24.1. The molecule has 3 aromatic heterocycles. The smallest absolute Gasteiger partial charge is 0.292 e. The van der Waals surface area contributed by atoms with Gasteiger partial charge in [0, 0.05) is 55.1 Å². The first-order valence-corrected chi connectivity index (χ1v) is 11.6. The van der Waals surface area contributed by atoms with Crippen LogP contribution in [0, 0.1) is 11.8 Å². The second kappa shape index (κ2) is 8.46. The van der Waals surface area contributed by atoms with Crippen molar-refractivity contribution >= 4 is 33.5 Å². The van der Waals surface area contributed by atoms with E-state index in [1.807, 2.05) is 4.90 Å². The minimum Gasteiger partial charge on any atom is -0.459 e. The lowest BCUT2D eigenvalue weighted by molar-refractivity contribution is 0.0945. The van der Waals surface area contributed by atoms with Crippen molar-refractivity contribution < 1.29 is 18.0 Å². The van der Waals surface area contributed by atoms with Crippen LogP contribution in [0.1, 0.15) is 28.9 Å². The van der Waals surface area contributed by atoms with Gasteiger partial charge in [-0.15, -0.1) is 0 Å². The van der Waals surface area contributed by atoms with Gasteiger partial charge in [0.25, 0.3) is 11.5 Å². The van der Waals surface area contributed by atoms with Gasteiger partial charge in [0.1, 0.15) is 5.69 Å². The number of piperazine rings is 1. The summed E-state index contributed by atoms with van der Waals surface area (Å²) in [6.07, 6.45) is 3.32. The number of aromatic amines is 1. The highest BCUT2D eigenvalue weighted by Gasteiger charge is 2.26. The number of fused-ring (bicyclic) bond motifs is 3. The van der Waals surface area contributed by atoms with Gasteiger partial charge in [-0.25, -0.2) is 9.37 Å². The molecular formula is C25H23F2N5O3. The summed E-state index contributed by atoms with van der Waals surface area (Å²) < 4.78 is 35.2. The highest BCUT2D eigenvalue weighted by atomic mass is 19.1. The van der Waals surface area contributed by atoms with Crippen LogP contribution >= 0.6 is 0 Å². The van der Waals surface area contributed by atoms with Crippen molar-refractivity contribution in [2.24, 2.45) is 0 Å². The van der Waals surface area contributed by atoms with Crippen LogP contribution < -0.4 is 15.8 Å². The molecule has 2 N–H and O–H groups in total. The van der Waals surface area contributed by atoms with E-state index in [4.69, 9.17) is 4.42 Å². The van der Waals surface area contributed by atoms with Crippen molar-refractivity contribution in [3.8, 4) is 0 Å². The number of furan rings is 1. The highest BCUT2D eigenvalue weighted by molar-refractivity contribution is 6.03. The van der Waals surface area contributed by atoms with E-state index < -0.39 is 17.3 Å². The van der Waals surface area contributed by atoms with E-state index in [0.717, 1.165) is 12.8 Å². The Morgan fingerprint density at radius 1 is 1.09 bits per heavy atom. The molecule has 10 heteroatoms. The Morgan fingerprint density at radius 3 is 2.63 bits per heavy atom. The molecule has 1 amide bonds. The molecular weight excluding hydrogens is 456 g/mol. The van der Waals surface area contributed by atoms with Crippen molar-refractivity contribution in [3.63, 3.8) is 0 Å². The van der Waals surface area contributed by atoms with Gasteiger partial charge in [0.2, 0.25) is 5.95 Å². The number of carbonyl (C=O) groups excluding carboxylic acids is 1. The molecule has 0 atom stereocenters. The summed E-state index contributed by atoms with van der Waals surface area (Å²) in [6.45, 7) is 2.63. The van der Waals surface area contributed by atoms with Crippen LogP contribution in [-0.2, 0) is 6.54 Å². The number of H-pyrrole nitrogens is 1.